The predicted molar refractivity (Wildman–Crippen MR) is 107 cm³/mol. The molecule has 0 fully saturated rings. The van der Waals surface area contributed by atoms with E-state index < -0.39 is 33.7 Å². The Bertz CT molecular complexity index is 1180. The quantitative estimate of drug-likeness (QED) is 0.518. The first-order valence-corrected chi connectivity index (χ1v) is 10.3. The summed E-state index contributed by atoms with van der Waals surface area (Å²) in [7, 11) is -4.48. The zero-order valence-electron chi connectivity index (χ0n) is 16.0. The molecule has 0 aliphatic rings. The van der Waals surface area contributed by atoms with Gasteiger partial charge in [-0.1, -0.05) is 36.4 Å². The molecule has 0 saturated carbocycles. The minimum atomic E-state index is -4.72. The Morgan fingerprint density at radius 3 is 2.42 bits per heavy atom. The number of alkyl halides is 3. The number of carbonyl (C=O) groups excluding carboxylic acids is 1. The van der Waals surface area contributed by atoms with Crippen LogP contribution >= 0.6 is 0 Å². The number of anilines is 2. The second-order valence-corrected chi connectivity index (χ2v) is 8.15. The number of sulfonamides is 1. The minimum Gasteiger partial charge on any atom is -0.432 e. The van der Waals surface area contributed by atoms with Gasteiger partial charge in [0.05, 0.1) is 16.3 Å². The molecule has 12 heteroatoms. The Kier molecular flexibility index (Phi) is 6.32. The number of carbonyl (C=O) groups is 1. The van der Waals surface area contributed by atoms with E-state index in [1.54, 1.807) is 37.3 Å². The molecule has 0 aliphatic carbocycles. The van der Waals surface area contributed by atoms with E-state index in [2.05, 4.69) is 15.6 Å². The van der Waals surface area contributed by atoms with Gasteiger partial charge in [0, 0.05) is 5.56 Å². The number of oxazole rings is 1. The Morgan fingerprint density at radius 2 is 1.81 bits per heavy atom. The number of urea groups is 1. The first-order chi connectivity index (χ1) is 14.5. The van der Waals surface area contributed by atoms with Crippen LogP contribution in [0.1, 0.15) is 5.69 Å². The van der Waals surface area contributed by atoms with Crippen LogP contribution in [0.15, 0.2) is 64.1 Å². The number of aromatic nitrogens is 1. The topological polar surface area (TPSA) is 113 Å². The Morgan fingerprint density at radius 1 is 1.10 bits per heavy atom. The van der Waals surface area contributed by atoms with E-state index in [-0.39, 0.29) is 11.7 Å². The molecule has 2 aromatic carbocycles. The number of nitrogens with zero attached hydrogens (tertiary/aromatic N) is 1. The number of halogens is 3. The van der Waals surface area contributed by atoms with Gasteiger partial charge in [-0.05, 0) is 24.6 Å². The van der Waals surface area contributed by atoms with E-state index in [1.807, 2.05) is 0 Å². The van der Waals surface area contributed by atoms with E-state index >= 15 is 0 Å². The lowest BCUT2D eigenvalue weighted by Gasteiger charge is -2.14. The Hall–Kier alpha value is -3.38. The highest BCUT2D eigenvalue weighted by molar-refractivity contribution is 7.89. The van der Waals surface area contributed by atoms with Gasteiger partial charge in [-0.25, -0.2) is 17.9 Å². The molecule has 0 atom stereocenters. The fourth-order valence-electron chi connectivity index (χ4n) is 2.59. The molecule has 0 radical (unpaired) electrons. The summed E-state index contributed by atoms with van der Waals surface area (Å²) in [5.74, 6) is 0. The van der Waals surface area contributed by atoms with Crippen molar-refractivity contribution in [3.63, 3.8) is 0 Å². The third-order valence-electron chi connectivity index (χ3n) is 3.94. The molecule has 0 bridgehead atoms. The number of benzene rings is 2. The summed E-state index contributed by atoms with van der Waals surface area (Å²) >= 11 is 0. The smallest absolute Gasteiger partial charge is 0.402 e. The van der Waals surface area contributed by atoms with Crippen LogP contribution in [-0.2, 0) is 10.0 Å². The lowest BCUT2D eigenvalue weighted by molar-refractivity contribution is -0.121. The lowest BCUT2D eigenvalue weighted by atomic mass is 10.0. The van der Waals surface area contributed by atoms with Crippen molar-refractivity contribution in [2.24, 2.45) is 0 Å². The van der Waals surface area contributed by atoms with Crippen molar-refractivity contribution in [1.29, 1.82) is 0 Å². The number of amides is 2. The number of aryl methyl sites for hydroxylation is 1. The monoisotopic (exact) mass is 454 g/mol. The minimum absolute atomic E-state index is 0.0573. The van der Waals surface area contributed by atoms with Crippen LogP contribution in [0.3, 0.4) is 0 Å². The normalized spacial score (nSPS) is 11.9. The molecular formula is C19H17F3N4O4S. The standard InChI is InChI=1S/C19H17F3N4O4S/c1-12-10-30-18(24-12)26-17(27)25-16-9-14(31(28,29)23-11-19(20,21)22)7-8-15(16)13-5-3-2-4-6-13/h2-10,23H,11H2,1H3,(H2,24,25,26,27). The molecule has 2 amide bonds. The van der Waals surface area contributed by atoms with E-state index in [9.17, 15) is 26.4 Å². The van der Waals surface area contributed by atoms with Gasteiger partial charge in [-0.15, -0.1) is 0 Å². The molecule has 1 aromatic heterocycles. The first-order valence-electron chi connectivity index (χ1n) is 8.79. The van der Waals surface area contributed by atoms with Gasteiger partial charge in [0.15, 0.2) is 0 Å². The third kappa shape index (κ3) is 6.06. The fraction of sp³-hybridized carbons (Fsp3) is 0.158. The molecule has 3 rings (SSSR count). The molecule has 8 nitrogen and oxygen atoms in total. The van der Waals surface area contributed by atoms with Gasteiger partial charge in [0.25, 0.3) is 0 Å². The second-order valence-electron chi connectivity index (χ2n) is 6.39. The molecule has 164 valence electrons. The Balaban J connectivity index is 1.93. The van der Waals surface area contributed by atoms with Gasteiger partial charge in [0.1, 0.15) is 12.8 Å². The van der Waals surface area contributed by atoms with E-state index in [1.165, 1.54) is 17.1 Å². The number of hydrogen-bond donors (Lipinski definition) is 3. The maximum absolute atomic E-state index is 12.4. The zero-order chi connectivity index (χ0) is 22.6. The number of nitrogens with one attached hydrogen (secondary N) is 3. The van der Waals surface area contributed by atoms with E-state index in [4.69, 9.17) is 4.42 Å². The molecule has 31 heavy (non-hydrogen) atoms. The fourth-order valence-corrected chi connectivity index (χ4v) is 3.63. The van der Waals surface area contributed by atoms with Crippen molar-refractivity contribution in [2.45, 2.75) is 18.0 Å². The highest BCUT2D eigenvalue weighted by Crippen LogP contribution is 2.31. The average molecular weight is 454 g/mol. The molecule has 3 aromatic rings. The van der Waals surface area contributed by atoms with Gasteiger partial charge >= 0.3 is 18.2 Å². The van der Waals surface area contributed by atoms with Crippen molar-refractivity contribution in [1.82, 2.24) is 9.71 Å². The summed E-state index contributed by atoms with van der Waals surface area (Å²) in [6.45, 7) is -0.0646. The average Bonchev–Trinajstić information content (AvgIpc) is 3.11. The molecular weight excluding hydrogens is 437 g/mol. The van der Waals surface area contributed by atoms with Crippen LogP contribution < -0.4 is 15.4 Å². The van der Waals surface area contributed by atoms with Gasteiger partial charge in [-0.3, -0.25) is 5.32 Å². The molecule has 0 spiro atoms. The van der Waals surface area contributed by atoms with Gasteiger partial charge in [0.2, 0.25) is 10.0 Å². The summed E-state index contributed by atoms with van der Waals surface area (Å²) in [5, 5.41) is 4.84. The molecule has 1 heterocycles. The molecule has 0 saturated heterocycles. The predicted octanol–water partition coefficient (Wildman–Crippen LogP) is 4.13. The number of rotatable bonds is 6. The summed E-state index contributed by atoms with van der Waals surface area (Å²) in [5.41, 5.74) is 1.69. The van der Waals surface area contributed by atoms with Crippen molar-refractivity contribution in [3.05, 3.63) is 60.5 Å². The highest BCUT2D eigenvalue weighted by atomic mass is 32.2. The van der Waals surface area contributed by atoms with Gasteiger partial charge < -0.3 is 9.73 Å². The molecule has 0 aliphatic heterocycles. The van der Waals surface area contributed by atoms with Crippen LogP contribution in [0.2, 0.25) is 0 Å². The van der Waals surface area contributed by atoms with Crippen LogP contribution in [0.25, 0.3) is 11.1 Å². The van der Waals surface area contributed by atoms with Crippen LogP contribution in [0.4, 0.5) is 29.7 Å². The van der Waals surface area contributed by atoms with Crippen molar-refractivity contribution in [2.75, 3.05) is 17.2 Å². The van der Waals surface area contributed by atoms with Crippen LogP contribution in [0.5, 0.6) is 0 Å². The maximum Gasteiger partial charge on any atom is 0.402 e. The lowest BCUT2D eigenvalue weighted by Crippen LogP contribution is -2.33. The van der Waals surface area contributed by atoms with E-state index in [0.717, 1.165) is 12.1 Å². The van der Waals surface area contributed by atoms with Crippen LogP contribution in [0, 0.1) is 6.92 Å². The summed E-state index contributed by atoms with van der Waals surface area (Å²) in [4.78, 5) is 15.8. The number of hydrogen-bond acceptors (Lipinski definition) is 5. The maximum atomic E-state index is 12.4. The largest absolute Gasteiger partial charge is 0.432 e. The van der Waals surface area contributed by atoms with Crippen molar-refractivity contribution < 1.29 is 30.8 Å². The highest BCUT2D eigenvalue weighted by Gasteiger charge is 2.30. The van der Waals surface area contributed by atoms with Crippen LogP contribution in [-0.4, -0.2) is 32.2 Å². The zero-order valence-corrected chi connectivity index (χ0v) is 16.8. The van der Waals surface area contributed by atoms with E-state index in [0.29, 0.717) is 16.8 Å². The van der Waals surface area contributed by atoms with Gasteiger partial charge in [-0.2, -0.15) is 18.2 Å². The second kappa shape index (κ2) is 8.78. The SMILES string of the molecule is Cc1coc(NC(=O)Nc2cc(S(=O)(=O)NCC(F)(F)F)ccc2-c2ccccc2)n1. The molecule has 3 N–H and O–H groups in total. The summed E-state index contributed by atoms with van der Waals surface area (Å²) in [6, 6.07) is 11.5. The third-order valence-corrected chi connectivity index (χ3v) is 5.34. The Labute approximate surface area is 175 Å². The summed E-state index contributed by atoms with van der Waals surface area (Å²) in [6.07, 6.45) is -3.39. The molecule has 0 unspecified atom stereocenters. The summed E-state index contributed by atoms with van der Waals surface area (Å²) < 4.78 is 68.4. The van der Waals surface area contributed by atoms with Crippen molar-refractivity contribution >= 4 is 27.8 Å². The van der Waals surface area contributed by atoms with Crippen molar-refractivity contribution in [3.8, 4) is 11.1 Å². The first kappa shape index (κ1) is 22.3.